The van der Waals surface area contributed by atoms with E-state index in [4.69, 9.17) is 5.73 Å². The Morgan fingerprint density at radius 2 is 2.24 bits per heavy atom. The molecular formula is C13H20N2OS. The van der Waals surface area contributed by atoms with Gasteiger partial charge in [0.1, 0.15) is 5.75 Å². The number of anilines is 1. The van der Waals surface area contributed by atoms with Crippen molar-refractivity contribution in [2.75, 3.05) is 24.6 Å². The quantitative estimate of drug-likeness (QED) is 0.626. The Bertz CT molecular complexity index is 406. The summed E-state index contributed by atoms with van der Waals surface area (Å²) in [7, 11) is 0. The molecule has 0 unspecified atom stereocenters. The van der Waals surface area contributed by atoms with Crippen LogP contribution in [0, 0.1) is 0 Å². The summed E-state index contributed by atoms with van der Waals surface area (Å²) in [5, 5.41) is 9.39. The standard InChI is InChI=1S/C13H20N2OS/c1-13(2)9-15(5-6-17-13)8-10-3-4-12(16)11(14)7-10/h3-4,7,16H,5-6,8-9,14H2,1-2H3. The topological polar surface area (TPSA) is 49.5 Å². The first-order valence-electron chi connectivity index (χ1n) is 5.90. The lowest BCUT2D eigenvalue weighted by Crippen LogP contribution is -2.42. The van der Waals surface area contributed by atoms with Crippen molar-refractivity contribution in [1.29, 1.82) is 0 Å². The summed E-state index contributed by atoms with van der Waals surface area (Å²) in [4.78, 5) is 2.45. The fourth-order valence-electron chi connectivity index (χ4n) is 2.21. The van der Waals surface area contributed by atoms with E-state index in [9.17, 15) is 5.11 Å². The smallest absolute Gasteiger partial charge is 0.138 e. The zero-order chi connectivity index (χ0) is 12.5. The highest BCUT2D eigenvalue weighted by molar-refractivity contribution is 8.00. The molecule has 0 radical (unpaired) electrons. The van der Waals surface area contributed by atoms with Crippen molar-refractivity contribution < 1.29 is 5.11 Å². The first kappa shape index (κ1) is 12.6. The van der Waals surface area contributed by atoms with Crippen LogP contribution in [0.3, 0.4) is 0 Å². The lowest BCUT2D eigenvalue weighted by Gasteiger charge is -2.37. The molecule has 0 atom stereocenters. The third-order valence-electron chi connectivity index (χ3n) is 3.00. The van der Waals surface area contributed by atoms with Crippen molar-refractivity contribution in [3.63, 3.8) is 0 Å². The number of nitrogens with zero attached hydrogens (tertiary/aromatic N) is 1. The SMILES string of the molecule is CC1(C)CN(Cc2ccc(O)c(N)c2)CCS1. The highest BCUT2D eigenvalue weighted by Crippen LogP contribution is 2.30. The van der Waals surface area contributed by atoms with Crippen molar-refractivity contribution in [2.45, 2.75) is 25.1 Å². The van der Waals surface area contributed by atoms with Crippen molar-refractivity contribution in [3.05, 3.63) is 23.8 Å². The molecule has 94 valence electrons. The highest BCUT2D eigenvalue weighted by Gasteiger charge is 2.26. The summed E-state index contributed by atoms with van der Waals surface area (Å²) in [6.45, 7) is 7.70. The highest BCUT2D eigenvalue weighted by atomic mass is 32.2. The maximum absolute atomic E-state index is 9.39. The Morgan fingerprint density at radius 3 is 2.88 bits per heavy atom. The van der Waals surface area contributed by atoms with Gasteiger partial charge in [0.25, 0.3) is 0 Å². The molecular weight excluding hydrogens is 232 g/mol. The molecule has 1 saturated heterocycles. The number of nitrogen functional groups attached to an aromatic ring is 1. The van der Waals surface area contributed by atoms with Gasteiger partial charge in [-0.05, 0) is 31.5 Å². The molecule has 0 aromatic heterocycles. The molecule has 1 aromatic rings. The number of thioether (sulfide) groups is 1. The van der Waals surface area contributed by atoms with Crippen LogP contribution in [0.25, 0.3) is 0 Å². The van der Waals surface area contributed by atoms with E-state index in [1.165, 1.54) is 11.3 Å². The predicted molar refractivity (Wildman–Crippen MR) is 74.3 cm³/mol. The second-order valence-electron chi connectivity index (χ2n) is 5.21. The van der Waals surface area contributed by atoms with Gasteiger partial charge in [0.15, 0.2) is 0 Å². The van der Waals surface area contributed by atoms with Crippen LogP contribution in [0.1, 0.15) is 19.4 Å². The van der Waals surface area contributed by atoms with E-state index in [-0.39, 0.29) is 5.75 Å². The summed E-state index contributed by atoms with van der Waals surface area (Å²) in [5.41, 5.74) is 7.34. The molecule has 1 fully saturated rings. The number of nitrogens with two attached hydrogens (primary N) is 1. The Morgan fingerprint density at radius 1 is 1.47 bits per heavy atom. The van der Waals surface area contributed by atoms with Gasteiger partial charge < -0.3 is 10.8 Å². The molecule has 0 saturated carbocycles. The monoisotopic (exact) mass is 252 g/mol. The van der Waals surface area contributed by atoms with Gasteiger partial charge in [-0.3, -0.25) is 4.90 Å². The molecule has 0 bridgehead atoms. The summed E-state index contributed by atoms with van der Waals surface area (Å²) in [6, 6.07) is 5.49. The van der Waals surface area contributed by atoms with Crippen LogP contribution in [0.2, 0.25) is 0 Å². The van der Waals surface area contributed by atoms with Crippen molar-refractivity contribution in [2.24, 2.45) is 0 Å². The number of aromatic hydroxyl groups is 1. The number of rotatable bonds is 2. The minimum absolute atomic E-state index is 0.170. The second kappa shape index (κ2) is 4.78. The van der Waals surface area contributed by atoms with E-state index in [1.807, 2.05) is 23.9 Å². The van der Waals surface area contributed by atoms with Crippen molar-refractivity contribution in [1.82, 2.24) is 4.90 Å². The first-order chi connectivity index (χ1) is 7.96. The van der Waals surface area contributed by atoms with Crippen LogP contribution < -0.4 is 5.73 Å². The number of benzene rings is 1. The lowest BCUT2D eigenvalue weighted by molar-refractivity contribution is 0.252. The Balaban J connectivity index is 2.03. The van der Waals surface area contributed by atoms with E-state index in [2.05, 4.69) is 18.7 Å². The molecule has 17 heavy (non-hydrogen) atoms. The summed E-state index contributed by atoms with van der Waals surface area (Å²) < 4.78 is 0.334. The molecule has 2 rings (SSSR count). The molecule has 1 aliphatic rings. The predicted octanol–water partition coefficient (Wildman–Crippen LogP) is 2.30. The van der Waals surface area contributed by atoms with Gasteiger partial charge >= 0.3 is 0 Å². The fraction of sp³-hybridized carbons (Fsp3) is 0.538. The van der Waals surface area contributed by atoms with Crippen LogP contribution in [0.15, 0.2) is 18.2 Å². The fourth-order valence-corrected chi connectivity index (χ4v) is 3.39. The third-order valence-corrected chi connectivity index (χ3v) is 4.30. The van der Waals surface area contributed by atoms with Crippen LogP contribution >= 0.6 is 11.8 Å². The maximum atomic E-state index is 9.39. The zero-order valence-corrected chi connectivity index (χ0v) is 11.3. The van der Waals surface area contributed by atoms with Crippen molar-refractivity contribution >= 4 is 17.4 Å². The molecule has 1 aromatic carbocycles. The summed E-state index contributed by atoms with van der Waals surface area (Å²) in [5.74, 6) is 1.35. The van der Waals surface area contributed by atoms with Gasteiger partial charge in [-0.25, -0.2) is 0 Å². The normalized spacial score (nSPS) is 20.4. The van der Waals surface area contributed by atoms with Crippen LogP contribution in [0.4, 0.5) is 5.69 Å². The number of phenolic OH excluding ortho intramolecular Hbond substituents is 1. The van der Waals surface area contributed by atoms with Gasteiger partial charge in [-0.2, -0.15) is 11.8 Å². The van der Waals surface area contributed by atoms with E-state index >= 15 is 0 Å². The van der Waals surface area contributed by atoms with Gasteiger partial charge in [-0.15, -0.1) is 0 Å². The molecule has 4 heteroatoms. The molecule has 1 aliphatic heterocycles. The van der Waals surface area contributed by atoms with E-state index in [0.717, 1.165) is 19.6 Å². The van der Waals surface area contributed by atoms with Gasteiger partial charge in [0, 0.05) is 30.1 Å². The molecule has 0 amide bonds. The van der Waals surface area contributed by atoms with Crippen molar-refractivity contribution in [3.8, 4) is 5.75 Å². The third kappa shape index (κ3) is 3.30. The lowest BCUT2D eigenvalue weighted by atomic mass is 10.1. The molecule has 0 aliphatic carbocycles. The van der Waals surface area contributed by atoms with E-state index < -0.39 is 0 Å². The largest absolute Gasteiger partial charge is 0.506 e. The minimum Gasteiger partial charge on any atom is -0.506 e. The average Bonchev–Trinajstić information content (AvgIpc) is 2.22. The maximum Gasteiger partial charge on any atom is 0.138 e. The van der Waals surface area contributed by atoms with Gasteiger partial charge in [0.2, 0.25) is 0 Å². The minimum atomic E-state index is 0.170. The summed E-state index contributed by atoms with van der Waals surface area (Å²) in [6.07, 6.45) is 0. The van der Waals surface area contributed by atoms with Gasteiger partial charge in [-0.1, -0.05) is 6.07 Å². The van der Waals surface area contributed by atoms with Gasteiger partial charge in [0.05, 0.1) is 5.69 Å². The Kier molecular flexibility index (Phi) is 3.54. The number of phenols is 1. The first-order valence-corrected chi connectivity index (χ1v) is 6.88. The molecule has 0 spiro atoms. The average molecular weight is 252 g/mol. The molecule has 1 heterocycles. The van der Waals surface area contributed by atoms with Crippen LogP contribution in [-0.2, 0) is 6.54 Å². The Labute approximate surface area is 107 Å². The van der Waals surface area contributed by atoms with E-state index in [1.54, 1.807) is 6.07 Å². The molecule has 3 nitrogen and oxygen atoms in total. The Hall–Kier alpha value is -0.870. The van der Waals surface area contributed by atoms with Crippen LogP contribution in [0.5, 0.6) is 5.75 Å². The number of hydrogen-bond acceptors (Lipinski definition) is 4. The zero-order valence-electron chi connectivity index (χ0n) is 10.4. The number of hydrogen-bond donors (Lipinski definition) is 2. The second-order valence-corrected chi connectivity index (χ2v) is 7.01. The summed E-state index contributed by atoms with van der Waals surface area (Å²) >= 11 is 2.03. The molecule has 3 N–H and O–H groups in total. The van der Waals surface area contributed by atoms with Crippen LogP contribution in [-0.4, -0.2) is 33.6 Å². The van der Waals surface area contributed by atoms with E-state index in [0.29, 0.717) is 10.4 Å².